The van der Waals surface area contributed by atoms with E-state index in [0.717, 1.165) is 53.8 Å². The van der Waals surface area contributed by atoms with Crippen molar-refractivity contribution in [1.29, 1.82) is 0 Å². The molecule has 0 saturated carbocycles. The van der Waals surface area contributed by atoms with Gasteiger partial charge < -0.3 is 14.8 Å². The highest BCUT2D eigenvalue weighted by Gasteiger charge is 2.37. The van der Waals surface area contributed by atoms with Crippen LogP contribution in [0.2, 0.25) is 0 Å². The first-order valence-corrected chi connectivity index (χ1v) is 12.8. The van der Waals surface area contributed by atoms with Gasteiger partial charge in [0.2, 0.25) is 6.79 Å². The molecule has 5 rings (SSSR count). The lowest BCUT2D eigenvalue weighted by Gasteiger charge is -2.35. The summed E-state index contributed by atoms with van der Waals surface area (Å²) in [6.45, 7) is 6.74. The minimum absolute atomic E-state index is 0.138. The van der Waals surface area contributed by atoms with Gasteiger partial charge in [0, 0.05) is 24.0 Å². The van der Waals surface area contributed by atoms with E-state index < -0.39 is 6.04 Å². The van der Waals surface area contributed by atoms with Crippen LogP contribution in [0.15, 0.2) is 60.7 Å². The average Bonchev–Trinajstić information content (AvgIpc) is 3.52. The fourth-order valence-electron chi connectivity index (χ4n) is 5.23. The van der Waals surface area contributed by atoms with Crippen molar-refractivity contribution >= 4 is 22.6 Å². The molecule has 36 heavy (non-hydrogen) atoms. The third-order valence-corrected chi connectivity index (χ3v) is 7.03. The SMILES string of the molecule is CC(C)C[C@H](NC(=O)c1ccc2ccccc2c1)C(=O)N[N+]1(Cc2ccc3c(c2)OCO3)CCCC1. The van der Waals surface area contributed by atoms with Crippen molar-refractivity contribution in [3.8, 4) is 11.5 Å². The molecule has 0 radical (unpaired) electrons. The van der Waals surface area contributed by atoms with Crippen LogP contribution in [0.5, 0.6) is 11.5 Å². The van der Waals surface area contributed by atoms with Crippen LogP contribution in [0.3, 0.4) is 0 Å². The van der Waals surface area contributed by atoms with E-state index in [2.05, 4.69) is 24.6 Å². The van der Waals surface area contributed by atoms with Crippen molar-refractivity contribution in [1.82, 2.24) is 10.7 Å². The number of carbonyl (C=O) groups is 2. The summed E-state index contributed by atoms with van der Waals surface area (Å²) in [5, 5.41) is 5.10. The molecule has 7 nitrogen and oxygen atoms in total. The number of carbonyl (C=O) groups excluding carboxylic acids is 2. The number of ether oxygens (including phenoxy) is 2. The van der Waals surface area contributed by atoms with Crippen LogP contribution in [0.1, 0.15) is 49.0 Å². The molecule has 2 aliphatic rings. The summed E-state index contributed by atoms with van der Waals surface area (Å²) in [7, 11) is 0. The number of likely N-dealkylation sites (tertiary alicyclic amines) is 1. The quantitative estimate of drug-likeness (QED) is 0.456. The van der Waals surface area contributed by atoms with Crippen molar-refractivity contribution in [3.05, 3.63) is 71.8 Å². The summed E-state index contributed by atoms with van der Waals surface area (Å²) in [6, 6.07) is 18.9. The number of rotatable bonds is 8. The van der Waals surface area contributed by atoms with Crippen LogP contribution in [-0.4, -0.2) is 42.3 Å². The predicted octanol–water partition coefficient (Wildman–Crippen LogP) is 4.56. The molecule has 0 spiro atoms. The third-order valence-electron chi connectivity index (χ3n) is 7.03. The van der Waals surface area contributed by atoms with Crippen LogP contribution in [0.4, 0.5) is 0 Å². The minimum atomic E-state index is -0.615. The zero-order chi connectivity index (χ0) is 25.1. The van der Waals surface area contributed by atoms with Crippen molar-refractivity contribution in [2.24, 2.45) is 5.92 Å². The largest absolute Gasteiger partial charge is 0.454 e. The minimum Gasteiger partial charge on any atom is -0.454 e. The summed E-state index contributed by atoms with van der Waals surface area (Å²) in [5.74, 6) is 1.38. The van der Waals surface area contributed by atoms with Crippen LogP contribution in [0, 0.1) is 5.92 Å². The van der Waals surface area contributed by atoms with Crippen molar-refractivity contribution in [2.45, 2.75) is 45.7 Å². The van der Waals surface area contributed by atoms with E-state index in [1.807, 2.05) is 60.7 Å². The lowest BCUT2D eigenvalue weighted by atomic mass is 10.0. The van der Waals surface area contributed by atoms with Crippen LogP contribution >= 0.6 is 0 Å². The Balaban J connectivity index is 1.32. The second-order valence-electron chi connectivity index (χ2n) is 10.3. The Hall–Kier alpha value is -3.58. The first-order chi connectivity index (χ1) is 17.4. The van der Waals surface area contributed by atoms with Gasteiger partial charge in [0.15, 0.2) is 11.5 Å². The van der Waals surface area contributed by atoms with E-state index in [1.54, 1.807) is 0 Å². The molecule has 2 aliphatic heterocycles. The van der Waals surface area contributed by atoms with E-state index in [9.17, 15) is 9.59 Å². The number of amides is 2. The van der Waals surface area contributed by atoms with E-state index in [4.69, 9.17) is 9.47 Å². The summed E-state index contributed by atoms with van der Waals surface area (Å²) >= 11 is 0. The number of nitrogens with zero attached hydrogens (tertiary/aromatic N) is 1. The smallest absolute Gasteiger partial charge is 0.287 e. The maximum absolute atomic E-state index is 13.6. The van der Waals surface area contributed by atoms with Gasteiger partial charge in [0.1, 0.15) is 25.7 Å². The molecular formula is C29H34N3O4+. The molecule has 1 atom stereocenters. The lowest BCUT2D eigenvalue weighted by Crippen LogP contribution is -2.62. The van der Waals surface area contributed by atoms with Gasteiger partial charge in [-0.15, -0.1) is 0 Å². The summed E-state index contributed by atoms with van der Waals surface area (Å²) in [6.07, 6.45) is 2.65. The molecule has 1 fully saturated rings. The zero-order valence-corrected chi connectivity index (χ0v) is 21.0. The molecular weight excluding hydrogens is 454 g/mol. The highest BCUT2D eigenvalue weighted by Crippen LogP contribution is 2.34. The molecule has 0 aliphatic carbocycles. The van der Waals surface area contributed by atoms with Crippen molar-refractivity contribution in [2.75, 3.05) is 19.9 Å². The fraction of sp³-hybridized carbons (Fsp3) is 0.379. The maximum atomic E-state index is 13.6. The van der Waals surface area contributed by atoms with Crippen molar-refractivity contribution < 1.29 is 23.7 Å². The second-order valence-corrected chi connectivity index (χ2v) is 10.3. The maximum Gasteiger partial charge on any atom is 0.287 e. The van der Waals surface area contributed by atoms with E-state index in [-0.39, 0.29) is 24.5 Å². The first-order valence-electron chi connectivity index (χ1n) is 12.8. The molecule has 7 heteroatoms. The standard InChI is InChI=1S/C29H33N3O4/c1-20(2)15-25(30-28(33)24-11-10-22-7-3-4-8-23(22)17-24)29(34)31-32(13-5-6-14-32)18-21-9-12-26-27(16-21)36-19-35-26/h3-4,7-12,16-17,20,25H,5-6,13-15,18-19H2,1-2H3,(H-,30,31,33,34)/p+1/t25-/m0/s1. The monoisotopic (exact) mass is 488 g/mol. The Morgan fingerprint density at radius 2 is 1.67 bits per heavy atom. The van der Waals surface area contributed by atoms with Gasteiger partial charge in [0.25, 0.3) is 11.8 Å². The summed E-state index contributed by atoms with van der Waals surface area (Å²) in [5.41, 5.74) is 4.95. The van der Waals surface area contributed by atoms with Gasteiger partial charge >= 0.3 is 0 Å². The highest BCUT2D eigenvalue weighted by atomic mass is 16.7. The molecule has 2 N–H and O–H groups in total. The summed E-state index contributed by atoms with van der Waals surface area (Å²) in [4.78, 5) is 26.8. The van der Waals surface area contributed by atoms with Crippen LogP contribution < -0.4 is 20.2 Å². The second kappa shape index (κ2) is 10.2. The van der Waals surface area contributed by atoms with Crippen LogP contribution in [-0.2, 0) is 11.3 Å². The van der Waals surface area contributed by atoms with Gasteiger partial charge in [-0.3, -0.25) is 9.59 Å². The van der Waals surface area contributed by atoms with Gasteiger partial charge in [-0.05, 0) is 53.4 Å². The lowest BCUT2D eigenvalue weighted by molar-refractivity contribution is -0.963. The molecule has 1 saturated heterocycles. The molecule has 188 valence electrons. The third kappa shape index (κ3) is 5.31. The highest BCUT2D eigenvalue weighted by molar-refractivity contribution is 6.00. The number of nitrogens with one attached hydrogen (secondary N) is 2. The Morgan fingerprint density at radius 1 is 0.917 bits per heavy atom. The molecule has 2 amide bonds. The summed E-state index contributed by atoms with van der Waals surface area (Å²) < 4.78 is 11.5. The Labute approximate surface area is 211 Å². The number of hydrogen-bond acceptors (Lipinski definition) is 4. The molecule has 0 bridgehead atoms. The number of quaternary nitrogens is 1. The molecule has 0 aromatic heterocycles. The number of benzene rings is 3. The first kappa shape index (κ1) is 24.1. The molecule has 2 heterocycles. The molecule has 3 aromatic rings. The van der Waals surface area contributed by atoms with Gasteiger partial charge in [-0.25, -0.2) is 4.59 Å². The fourth-order valence-corrected chi connectivity index (χ4v) is 5.23. The Kier molecular flexibility index (Phi) is 6.83. The average molecular weight is 489 g/mol. The van der Waals surface area contributed by atoms with Crippen molar-refractivity contribution in [3.63, 3.8) is 0 Å². The van der Waals surface area contributed by atoms with E-state index in [1.165, 1.54) is 0 Å². The predicted molar refractivity (Wildman–Crippen MR) is 138 cm³/mol. The molecule has 3 aromatic carbocycles. The topological polar surface area (TPSA) is 76.7 Å². The Bertz CT molecular complexity index is 1270. The molecule has 0 unspecified atom stereocenters. The number of fused-ring (bicyclic) bond motifs is 2. The van der Waals surface area contributed by atoms with Gasteiger partial charge in [-0.2, -0.15) is 5.43 Å². The Morgan fingerprint density at radius 3 is 2.44 bits per heavy atom. The van der Waals surface area contributed by atoms with Gasteiger partial charge in [-0.1, -0.05) is 44.2 Å². The zero-order valence-electron chi connectivity index (χ0n) is 21.0. The normalized spacial score (nSPS) is 16.8. The number of hydrogen-bond donors (Lipinski definition) is 2. The van der Waals surface area contributed by atoms with E-state index in [0.29, 0.717) is 23.1 Å². The van der Waals surface area contributed by atoms with Crippen LogP contribution in [0.25, 0.3) is 10.8 Å². The van der Waals surface area contributed by atoms with Gasteiger partial charge in [0.05, 0.1) is 0 Å². The van der Waals surface area contributed by atoms with E-state index >= 15 is 0 Å².